The lowest BCUT2D eigenvalue weighted by molar-refractivity contribution is -0.302. The van der Waals surface area contributed by atoms with E-state index in [-0.39, 0.29) is 16.2 Å². The number of hydrogen-bond donors (Lipinski definition) is 0. The van der Waals surface area contributed by atoms with Gasteiger partial charge in [-0.3, -0.25) is 0 Å². The largest absolute Gasteiger partial charge is 0.345 e. The van der Waals surface area contributed by atoms with Crippen LogP contribution in [0.4, 0.5) is 0 Å². The molecule has 0 N–H and O–H groups in total. The van der Waals surface area contributed by atoms with Crippen LogP contribution in [0.5, 0.6) is 0 Å². The zero-order chi connectivity index (χ0) is 28.6. The van der Waals surface area contributed by atoms with Gasteiger partial charge in [0.1, 0.15) is 0 Å². The molecule has 1 aromatic rings. The Labute approximate surface area is 282 Å². The van der Waals surface area contributed by atoms with Gasteiger partial charge in [-0.2, -0.15) is 0 Å². The first-order chi connectivity index (χ1) is 18.4. The average Bonchev–Trinajstić information content (AvgIpc) is 2.99. The molecule has 0 aliphatic carbocycles. The average molecular weight is 936 g/mol. The Balaban J connectivity index is 1.72. The summed E-state index contributed by atoms with van der Waals surface area (Å²) >= 11 is 21.8. The van der Waals surface area contributed by atoms with E-state index in [1.807, 2.05) is 20.8 Å². The molecule has 3 aliphatic rings. The number of halogens is 6. The molecule has 0 saturated carbocycles. The van der Waals surface area contributed by atoms with Gasteiger partial charge in [0.25, 0.3) is 0 Å². The van der Waals surface area contributed by atoms with Crippen molar-refractivity contribution in [3.05, 3.63) is 34.9 Å². The number of rotatable bonds is 9. The van der Waals surface area contributed by atoms with Crippen LogP contribution >= 0.6 is 95.6 Å². The molecule has 1 aromatic carbocycles. The van der Waals surface area contributed by atoms with Crippen molar-refractivity contribution in [1.29, 1.82) is 0 Å². The van der Waals surface area contributed by atoms with Gasteiger partial charge in [0.05, 0.1) is 39.6 Å². The van der Waals surface area contributed by atoms with E-state index in [9.17, 15) is 0 Å². The maximum atomic E-state index is 6.47. The van der Waals surface area contributed by atoms with Gasteiger partial charge >= 0.3 is 0 Å². The van der Waals surface area contributed by atoms with Crippen LogP contribution in [0.15, 0.2) is 18.2 Å². The minimum atomic E-state index is -0.959. The molecule has 6 nitrogen and oxygen atoms in total. The first-order valence-corrected chi connectivity index (χ1v) is 19.5. The summed E-state index contributed by atoms with van der Waals surface area (Å²) in [4.78, 5) is 0. The van der Waals surface area contributed by atoms with Gasteiger partial charge in [-0.15, -0.1) is 0 Å². The van der Waals surface area contributed by atoms with E-state index in [0.29, 0.717) is 39.6 Å². The molecule has 3 saturated heterocycles. The molecular formula is C27H36Br6O6. The lowest BCUT2D eigenvalue weighted by Gasteiger charge is -2.47. The number of benzene rings is 1. The van der Waals surface area contributed by atoms with Crippen molar-refractivity contribution in [2.24, 2.45) is 16.2 Å². The maximum Gasteiger partial charge on any atom is 0.191 e. The third-order valence-electron chi connectivity index (χ3n) is 8.13. The molecule has 222 valence electrons. The first kappa shape index (κ1) is 33.7. The molecule has 0 unspecified atom stereocenters. The van der Waals surface area contributed by atoms with Gasteiger partial charge in [0, 0.05) is 64.9 Å². The third-order valence-corrected chi connectivity index (χ3v) is 15.3. The molecule has 3 aliphatic heterocycles. The highest BCUT2D eigenvalue weighted by molar-refractivity contribution is 9.10. The smallest absolute Gasteiger partial charge is 0.191 e. The predicted octanol–water partition coefficient (Wildman–Crippen LogP) is 7.67. The number of ether oxygens (including phenoxy) is 6. The van der Waals surface area contributed by atoms with E-state index in [1.54, 1.807) is 0 Å². The zero-order valence-electron chi connectivity index (χ0n) is 22.4. The topological polar surface area (TPSA) is 55.4 Å². The van der Waals surface area contributed by atoms with Gasteiger partial charge in [-0.05, 0) is 39.0 Å². The Hall–Kier alpha value is 1.86. The van der Waals surface area contributed by atoms with Gasteiger partial charge in [-0.25, -0.2) is 0 Å². The lowest BCUT2D eigenvalue weighted by atomic mass is 9.88. The van der Waals surface area contributed by atoms with Crippen LogP contribution in [0.2, 0.25) is 0 Å². The highest BCUT2D eigenvalue weighted by atomic mass is 79.9. The molecule has 3 fully saturated rings. The van der Waals surface area contributed by atoms with Crippen LogP contribution in [-0.4, -0.2) is 71.6 Å². The van der Waals surface area contributed by atoms with Gasteiger partial charge < -0.3 is 28.4 Å². The molecular weight excluding hydrogens is 900 g/mol. The highest BCUT2D eigenvalue weighted by Gasteiger charge is 2.48. The summed E-state index contributed by atoms with van der Waals surface area (Å²) in [5.74, 6) is -2.88. The van der Waals surface area contributed by atoms with Crippen LogP contribution < -0.4 is 0 Å². The molecule has 0 bridgehead atoms. The molecule has 12 heteroatoms. The molecule has 0 amide bonds. The molecule has 0 aromatic heterocycles. The number of alkyl halides is 6. The summed E-state index contributed by atoms with van der Waals surface area (Å²) < 4.78 is 38.8. The fourth-order valence-electron chi connectivity index (χ4n) is 4.48. The molecule has 39 heavy (non-hydrogen) atoms. The monoisotopic (exact) mass is 930 g/mol. The molecule has 3 heterocycles. The quantitative estimate of drug-likeness (QED) is 0.237. The van der Waals surface area contributed by atoms with Gasteiger partial charge in [0.15, 0.2) is 17.4 Å². The van der Waals surface area contributed by atoms with Crippen LogP contribution in [0.25, 0.3) is 0 Å². The summed E-state index contributed by atoms with van der Waals surface area (Å²) in [6.07, 6.45) is 0. The minimum Gasteiger partial charge on any atom is -0.345 e. The van der Waals surface area contributed by atoms with Crippen molar-refractivity contribution in [2.45, 2.75) is 38.1 Å². The Morgan fingerprint density at radius 3 is 0.769 bits per heavy atom. The summed E-state index contributed by atoms with van der Waals surface area (Å²) in [7, 11) is 0. The van der Waals surface area contributed by atoms with Crippen molar-refractivity contribution < 1.29 is 28.4 Å². The van der Waals surface area contributed by atoms with Crippen molar-refractivity contribution in [3.8, 4) is 0 Å². The molecule has 0 atom stereocenters. The Morgan fingerprint density at radius 1 is 0.436 bits per heavy atom. The van der Waals surface area contributed by atoms with Crippen molar-refractivity contribution in [2.75, 3.05) is 71.6 Å². The van der Waals surface area contributed by atoms with Gasteiger partial charge in [0.2, 0.25) is 0 Å². The van der Waals surface area contributed by atoms with E-state index < -0.39 is 17.4 Å². The van der Waals surface area contributed by atoms with E-state index in [1.165, 1.54) is 0 Å². The van der Waals surface area contributed by atoms with Crippen LogP contribution in [0.3, 0.4) is 0 Å². The maximum absolute atomic E-state index is 6.47. The van der Waals surface area contributed by atoms with Gasteiger partial charge in [-0.1, -0.05) is 95.6 Å². The van der Waals surface area contributed by atoms with Crippen LogP contribution in [0.1, 0.15) is 37.5 Å². The Bertz CT molecular complexity index is 831. The van der Waals surface area contributed by atoms with Crippen molar-refractivity contribution >= 4 is 95.6 Å². The SMILES string of the molecule is CC1(c2cc(C3(C)OCC(CBr)(CBr)CO3)cc(C3(C)OCC(CBr)(CBr)CO3)c2)OCC(CBr)(CBr)CO1. The fraction of sp³-hybridized carbons (Fsp3) is 0.778. The minimum absolute atomic E-state index is 0.132. The van der Waals surface area contributed by atoms with E-state index >= 15 is 0 Å². The second-order valence-electron chi connectivity index (χ2n) is 11.7. The van der Waals surface area contributed by atoms with E-state index in [0.717, 1.165) is 48.7 Å². The number of hydrogen-bond acceptors (Lipinski definition) is 6. The first-order valence-electron chi connectivity index (χ1n) is 12.8. The van der Waals surface area contributed by atoms with Crippen molar-refractivity contribution in [1.82, 2.24) is 0 Å². The summed E-state index contributed by atoms with van der Waals surface area (Å²) in [5, 5.41) is 4.65. The Morgan fingerprint density at radius 2 is 0.615 bits per heavy atom. The molecule has 0 radical (unpaired) electrons. The van der Waals surface area contributed by atoms with Crippen molar-refractivity contribution in [3.63, 3.8) is 0 Å². The summed E-state index contributed by atoms with van der Waals surface area (Å²) in [6.45, 7) is 9.20. The lowest BCUT2D eigenvalue weighted by Crippen LogP contribution is -2.50. The second kappa shape index (κ2) is 13.1. The Kier molecular flexibility index (Phi) is 11.3. The second-order valence-corrected chi connectivity index (χ2v) is 15.0. The summed E-state index contributed by atoms with van der Waals surface area (Å²) in [6, 6.07) is 6.21. The standard InChI is InChI=1S/C27H36Br6O6/c1-22(34-13-25(7-28,8-29)14-35-22)19-4-20(23(2)36-15-26(9-30,10-31)16-37-23)6-21(5-19)24(3)38-17-27(11-32,12-33)18-39-24/h4-6H,7-18H2,1-3H3. The normalized spacial score (nSPS) is 26.7. The van der Waals surface area contributed by atoms with Crippen LogP contribution in [0, 0.1) is 16.2 Å². The third kappa shape index (κ3) is 6.77. The molecule has 0 spiro atoms. The fourth-order valence-corrected chi connectivity index (χ4v) is 9.21. The highest BCUT2D eigenvalue weighted by Crippen LogP contribution is 2.46. The van der Waals surface area contributed by atoms with Crippen LogP contribution in [-0.2, 0) is 45.8 Å². The zero-order valence-corrected chi connectivity index (χ0v) is 32.0. The summed E-state index contributed by atoms with van der Waals surface area (Å²) in [5.41, 5.74) is 2.20. The predicted molar refractivity (Wildman–Crippen MR) is 174 cm³/mol. The molecule has 4 rings (SSSR count). The van der Waals surface area contributed by atoms with E-state index in [2.05, 4.69) is 114 Å². The van der Waals surface area contributed by atoms with E-state index in [4.69, 9.17) is 28.4 Å².